The summed E-state index contributed by atoms with van der Waals surface area (Å²) in [5.74, 6) is -7.92. The third-order valence-corrected chi connectivity index (χ3v) is 11.7. The van der Waals surface area contributed by atoms with Crippen molar-refractivity contribution in [1.29, 1.82) is 0 Å². The number of ether oxygens (including phenoxy) is 5. The van der Waals surface area contributed by atoms with Crippen LogP contribution >= 0.6 is 0 Å². The number of methoxy groups -OCH3 is 1. The zero-order valence-corrected chi connectivity index (χ0v) is 33.9. The lowest BCUT2D eigenvalue weighted by Crippen LogP contribution is -2.65. The van der Waals surface area contributed by atoms with Gasteiger partial charge in [-0.1, -0.05) is 45.9 Å². The molecule has 2 fully saturated rings. The number of carbonyl (C=O) groups is 3. The maximum Gasteiger partial charge on any atom is 0.312 e. The smallest absolute Gasteiger partial charge is 0.312 e. The highest BCUT2D eigenvalue weighted by atomic mass is 19.1. The van der Waals surface area contributed by atoms with E-state index in [1.807, 2.05) is 18.9 Å². The zero-order chi connectivity index (χ0) is 40.9. The highest BCUT2D eigenvalue weighted by molar-refractivity contribution is 5.83. The number of benzene rings is 1. The number of ketones is 1. The summed E-state index contributed by atoms with van der Waals surface area (Å²) >= 11 is 0. The van der Waals surface area contributed by atoms with Crippen molar-refractivity contribution in [2.45, 2.75) is 148 Å². The predicted molar refractivity (Wildman–Crippen MR) is 200 cm³/mol. The van der Waals surface area contributed by atoms with E-state index in [2.05, 4.69) is 6.58 Å². The normalized spacial score (nSPS) is 40.1. The van der Waals surface area contributed by atoms with Gasteiger partial charge < -0.3 is 39.0 Å². The number of rotatable bonds is 10. The molecular weight excluding hydrogens is 701 g/mol. The fourth-order valence-electron chi connectivity index (χ4n) is 8.36. The molecule has 3 N–H and O–H groups in total. The molecule has 306 valence electrons. The second kappa shape index (κ2) is 18.4. The van der Waals surface area contributed by atoms with Crippen molar-refractivity contribution >= 4 is 17.7 Å². The van der Waals surface area contributed by atoms with Gasteiger partial charge in [0.2, 0.25) is 0 Å². The van der Waals surface area contributed by atoms with E-state index >= 15 is 0 Å². The minimum Gasteiger partial charge on any atom is -0.461 e. The average Bonchev–Trinajstić information content (AvgIpc) is 3.12. The van der Waals surface area contributed by atoms with E-state index in [0.29, 0.717) is 18.5 Å². The molecule has 13 heteroatoms. The van der Waals surface area contributed by atoms with Crippen LogP contribution in [-0.2, 0) is 44.5 Å². The van der Waals surface area contributed by atoms with Crippen LogP contribution < -0.4 is 0 Å². The largest absolute Gasteiger partial charge is 0.461 e. The van der Waals surface area contributed by atoms with Gasteiger partial charge in [0.15, 0.2) is 5.79 Å². The molecular formula is C41H64FNO11. The van der Waals surface area contributed by atoms with Crippen LogP contribution in [0.1, 0.15) is 87.1 Å². The summed E-state index contributed by atoms with van der Waals surface area (Å²) in [6.07, 6.45) is -4.64. The van der Waals surface area contributed by atoms with E-state index in [9.17, 15) is 34.1 Å². The Labute approximate surface area is 320 Å². The van der Waals surface area contributed by atoms with Crippen LogP contribution in [0.5, 0.6) is 0 Å². The predicted octanol–water partition coefficient (Wildman–Crippen LogP) is 4.39. The molecule has 54 heavy (non-hydrogen) atoms. The second-order valence-electron chi connectivity index (χ2n) is 16.2. The minimum atomic E-state index is -2.02. The summed E-state index contributed by atoms with van der Waals surface area (Å²) in [6, 6.07) is 4.97. The Morgan fingerprint density at radius 3 is 2.22 bits per heavy atom. The van der Waals surface area contributed by atoms with E-state index in [1.165, 1.54) is 52.1 Å². The van der Waals surface area contributed by atoms with E-state index in [4.69, 9.17) is 23.7 Å². The lowest BCUT2D eigenvalue weighted by Gasteiger charge is -2.52. The Balaban J connectivity index is 2.23. The van der Waals surface area contributed by atoms with Gasteiger partial charge in [0.05, 0.1) is 36.3 Å². The van der Waals surface area contributed by atoms with E-state index < -0.39 is 95.0 Å². The Morgan fingerprint density at radius 1 is 1.06 bits per heavy atom. The molecule has 1 aromatic rings. The van der Waals surface area contributed by atoms with E-state index in [-0.39, 0.29) is 31.1 Å². The molecule has 3 rings (SSSR count). The highest BCUT2D eigenvalue weighted by Crippen LogP contribution is 2.43. The van der Waals surface area contributed by atoms with Crippen molar-refractivity contribution in [3.63, 3.8) is 0 Å². The third-order valence-electron chi connectivity index (χ3n) is 11.7. The molecule has 2 aliphatic rings. The summed E-state index contributed by atoms with van der Waals surface area (Å²) in [6.45, 7) is 19.0. The molecule has 12 nitrogen and oxygen atoms in total. The summed E-state index contributed by atoms with van der Waals surface area (Å²) < 4.78 is 45.2. The number of Topliss-reactive ketones (excluding diaryl/α,β-unsaturated/α-hetero) is 1. The average molecular weight is 766 g/mol. The SMILES string of the molecule is C=CCN(C)[C@H]1C[C@@H](C)O[C@@](C)(O[C@@H]2[C@@H](C)[C@H](OC(=O)Cc3ccc(F)cc3)[C@@H](C)C(=O)O[C@H](CC)[C@@](C)(O)[C@H](O)[C@@H](C)C(=O)[C@H](C)C[C@@]2(C)OC)[C@@H]1O. The Bertz CT molecular complexity index is 1440. The van der Waals surface area contributed by atoms with Crippen LogP contribution in [0.3, 0.4) is 0 Å². The summed E-state index contributed by atoms with van der Waals surface area (Å²) in [4.78, 5) is 43.7. The molecule has 0 bridgehead atoms. The fraction of sp³-hybridized carbons (Fsp3) is 0.732. The highest BCUT2D eigenvalue weighted by Gasteiger charge is 2.56. The van der Waals surface area contributed by atoms with Gasteiger partial charge in [-0.2, -0.15) is 0 Å². The number of carbonyl (C=O) groups excluding carboxylic acids is 3. The van der Waals surface area contributed by atoms with Crippen LogP contribution in [0.15, 0.2) is 36.9 Å². The molecule has 0 aromatic heterocycles. The first-order chi connectivity index (χ1) is 25.1. The standard InChI is InChI=1S/C41H64FNO11/c1-13-19-43(11)30-20-24(4)53-41(10,36(30)47)54-37-26(6)34(52-32(44)21-28-15-17-29(42)18-16-28)27(7)38(48)51-31(14-2)40(9,49)35(46)25(5)33(45)23(3)22-39(37,8)50-12/h13,15-18,23-27,30-31,34-37,46-47,49H,1,14,19-22H2,2-12H3/t23-,24-,25+,26+,27-,30+,31-,34+,35-,36-,37-,39-,40-,41+/m1/s1. The van der Waals surface area contributed by atoms with Crippen LogP contribution in [0, 0.1) is 29.5 Å². The van der Waals surface area contributed by atoms with Crippen LogP contribution in [0.2, 0.25) is 0 Å². The molecule has 2 aliphatic heterocycles. The van der Waals surface area contributed by atoms with Gasteiger partial charge >= 0.3 is 11.9 Å². The quantitative estimate of drug-likeness (QED) is 0.228. The van der Waals surface area contributed by atoms with E-state index in [1.54, 1.807) is 40.7 Å². The number of esters is 2. The number of likely N-dealkylation sites (N-methyl/N-ethyl adjacent to an activating group) is 1. The van der Waals surface area contributed by atoms with Crippen molar-refractivity contribution in [3.05, 3.63) is 48.3 Å². The molecule has 0 unspecified atom stereocenters. The van der Waals surface area contributed by atoms with Gasteiger partial charge in [0, 0.05) is 37.5 Å². The van der Waals surface area contributed by atoms with Gasteiger partial charge in [-0.25, -0.2) is 4.39 Å². The van der Waals surface area contributed by atoms with Crippen LogP contribution in [-0.4, -0.2) is 118 Å². The Hall–Kier alpha value is -2.78. The van der Waals surface area contributed by atoms with Gasteiger partial charge in [0.1, 0.15) is 35.5 Å². The fourth-order valence-corrected chi connectivity index (χ4v) is 8.36. The Morgan fingerprint density at radius 2 is 1.67 bits per heavy atom. The minimum absolute atomic E-state index is 0.0321. The number of cyclic esters (lactones) is 1. The molecule has 1 aromatic carbocycles. The maximum atomic E-state index is 14.1. The number of nitrogens with zero attached hydrogens (tertiary/aromatic N) is 1. The number of aliphatic hydroxyl groups excluding tert-OH is 2. The van der Waals surface area contributed by atoms with Crippen molar-refractivity contribution in [3.8, 4) is 0 Å². The van der Waals surface area contributed by atoms with Crippen molar-refractivity contribution < 1.29 is 57.8 Å². The summed E-state index contributed by atoms with van der Waals surface area (Å²) in [5.41, 5.74) is -2.90. The summed E-state index contributed by atoms with van der Waals surface area (Å²) in [5, 5.41) is 34.9. The summed E-state index contributed by atoms with van der Waals surface area (Å²) in [7, 11) is 3.32. The molecule has 0 aliphatic carbocycles. The van der Waals surface area contributed by atoms with Crippen molar-refractivity contribution in [2.75, 3.05) is 20.7 Å². The van der Waals surface area contributed by atoms with Crippen molar-refractivity contribution in [2.24, 2.45) is 23.7 Å². The first kappa shape index (κ1) is 45.6. The Kier molecular flexibility index (Phi) is 15.6. The first-order valence-electron chi connectivity index (χ1n) is 19.0. The molecule has 14 atom stereocenters. The third kappa shape index (κ3) is 10.1. The molecule has 0 saturated carbocycles. The zero-order valence-electron chi connectivity index (χ0n) is 33.9. The van der Waals surface area contributed by atoms with Crippen LogP contribution in [0.4, 0.5) is 4.39 Å². The number of hydrogen-bond acceptors (Lipinski definition) is 12. The van der Waals surface area contributed by atoms with Gasteiger partial charge in [-0.3, -0.25) is 19.3 Å². The monoisotopic (exact) mass is 765 g/mol. The second-order valence-corrected chi connectivity index (χ2v) is 16.2. The van der Waals surface area contributed by atoms with Gasteiger partial charge in [-0.15, -0.1) is 6.58 Å². The lowest BCUT2D eigenvalue weighted by atomic mass is 9.73. The van der Waals surface area contributed by atoms with Crippen LogP contribution in [0.25, 0.3) is 0 Å². The number of hydrogen-bond donors (Lipinski definition) is 3. The lowest BCUT2D eigenvalue weighted by molar-refractivity contribution is -0.358. The van der Waals surface area contributed by atoms with Crippen molar-refractivity contribution in [1.82, 2.24) is 4.90 Å². The molecule has 2 heterocycles. The molecule has 2 saturated heterocycles. The van der Waals surface area contributed by atoms with E-state index in [0.717, 1.165) is 0 Å². The molecule has 0 amide bonds. The van der Waals surface area contributed by atoms with Gasteiger partial charge in [-0.05, 0) is 78.6 Å². The number of halogens is 1. The maximum absolute atomic E-state index is 14.1. The number of aliphatic hydroxyl groups is 3. The molecule has 0 spiro atoms. The topological polar surface area (TPSA) is 161 Å². The first-order valence-corrected chi connectivity index (χ1v) is 19.0. The molecule has 0 radical (unpaired) electrons. The van der Waals surface area contributed by atoms with Gasteiger partial charge in [0.25, 0.3) is 0 Å².